The summed E-state index contributed by atoms with van der Waals surface area (Å²) in [5.41, 5.74) is 0.640. The van der Waals surface area contributed by atoms with Crippen LogP contribution in [0.1, 0.15) is 0 Å². The number of carbonyl (C=O) groups excluding carboxylic acids is 2. The molecule has 0 fully saturated rings. The summed E-state index contributed by atoms with van der Waals surface area (Å²) in [5, 5.41) is 14.7. The van der Waals surface area contributed by atoms with Gasteiger partial charge < -0.3 is 15.2 Å². The van der Waals surface area contributed by atoms with Crippen LogP contribution < -0.4 is 10.4 Å². The maximum absolute atomic E-state index is 11.5. The second-order valence-electron chi connectivity index (χ2n) is 3.67. The number of fused-ring (bicyclic) bond motifs is 1. The fourth-order valence-electron chi connectivity index (χ4n) is 1.65. The Balaban J connectivity index is 2.27. The third kappa shape index (κ3) is 2.74. The molecule has 0 aliphatic rings. The van der Waals surface area contributed by atoms with Crippen molar-refractivity contribution in [3.8, 4) is 0 Å². The molecule has 0 saturated carbocycles. The SMILES string of the molecule is O=C([O-])/C=C\C(=O)Nc1cccc2ccccc12. The summed E-state index contributed by atoms with van der Waals surface area (Å²) in [7, 11) is 0. The smallest absolute Gasteiger partial charge is 0.248 e. The van der Waals surface area contributed by atoms with Crippen LogP contribution >= 0.6 is 0 Å². The summed E-state index contributed by atoms with van der Waals surface area (Å²) in [6.45, 7) is 0. The highest BCUT2D eigenvalue weighted by molar-refractivity contribution is 6.07. The first-order valence-electron chi connectivity index (χ1n) is 5.34. The molecule has 0 atom stereocenters. The van der Waals surface area contributed by atoms with E-state index in [-0.39, 0.29) is 0 Å². The van der Waals surface area contributed by atoms with Crippen LogP contribution in [0.4, 0.5) is 5.69 Å². The van der Waals surface area contributed by atoms with Gasteiger partial charge in [0.05, 0.1) is 5.97 Å². The number of amides is 1. The molecule has 4 heteroatoms. The number of benzene rings is 2. The fraction of sp³-hybridized carbons (Fsp3) is 0. The molecule has 0 saturated heterocycles. The molecule has 0 unspecified atom stereocenters. The topological polar surface area (TPSA) is 69.2 Å². The summed E-state index contributed by atoms with van der Waals surface area (Å²) >= 11 is 0. The fourth-order valence-corrected chi connectivity index (χ4v) is 1.65. The van der Waals surface area contributed by atoms with Gasteiger partial charge in [-0.25, -0.2) is 0 Å². The molecule has 18 heavy (non-hydrogen) atoms. The van der Waals surface area contributed by atoms with Gasteiger partial charge in [0.2, 0.25) is 5.91 Å². The number of rotatable bonds is 3. The van der Waals surface area contributed by atoms with Crippen LogP contribution in [0.15, 0.2) is 54.6 Å². The van der Waals surface area contributed by atoms with Gasteiger partial charge in [-0.2, -0.15) is 0 Å². The number of carboxylic acid groups (broad SMARTS) is 1. The van der Waals surface area contributed by atoms with Gasteiger partial charge in [0.25, 0.3) is 0 Å². The van der Waals surface area contributed by atoms with Crippen LogP contribution in [0, 0.1) is 0 Å². The molecule has 0 bridgehead atoms. The molecule has 2 rings (SSSR count). The zero-order valence-electron chi connectivity index (χ0n) is 9.42. The molecule has 0 radical (unpaired) electrons. The van der Waals surface area contributed by atoms with Crippen LogP contribution in [0.5, 0.6) is 0 Å². The Bertz CT molecular complexity index is 626. The van der Waals surface area contributed by atoms with E-state index in [1.165, 1.54) is 0 Å². The Morgan fingerprint density at radius 2 is 1.72 bits per heavy atom. The lowest BCUT2D eigenvalue weighted by Gasteiger charge is -2.06. The normalized spacial score (nSPS) is 10.7. The van der Waals surface area contributed by atoms with Crippen molar-refractivity contribution < 1.29 is 14.7 Å². The van der Waals surface area contributed by atoms with Gasteiger partial charge in [0.15, 0.2) is 0 Å². The summed E-state index contributed by atoms with van der Waals surface area (Å²) < 4.78 is 0. The minimum Gasteiger partial charge on any atom is -0.545 e. The number of hydrogen-bond acceptors (Lipinski definition) is 3. The van der Waals surface area contributed by atoms with Crippen LogP contribution in [-0.2, 0) is 9.59 Å². The minimum absolute atomic E-state index is 0.504. The van der Waals surface area contributed by atoms with E-state index >= 15 is 0 Å². The Morgan fingerprint density at radius 3 is 2.50 bits per heavy atom. The van der Waals surface area contributed by atoms with Gasteiger partial charge in [0.1, 0.15) is 0 Å². The molecule has 90 valence electrons. The Morgan fingerprint density at radius 1 is 1.00 bits per heavy atom. The summed E-state index contributed by atoms with van der Waals surface area (Å²) in [6, 6.07) is 13.1. The lowest BCUT2D eigenvalue weighted by atomic mass is 10.1. The number of carbonyl (C=O) groups is 2. The van der Waals surface area contributed by atoms with Gasteiger partial charge in [0, 0.05) is 17.1 Å². The average Bonchev–Trinajstić information content (AvgIpc) is 2.37. The van der Waals surface area contributed by atoms with Crippen molar-refractivity contribution in [3.63, 3.8) is 0 Å². The van der Waals surface area contributed by atoms with Crippen molar-refractivity contribution in [2.45, 2.75) is 0 Å². The Labute approximate surface area is 104 Å². The van der Waals surface area contributed by atoms with Crippen LogP contribution in [-0.4, -0.2) is 11.9 Å². The number of carboxylic acids is 1. The van der Waals surface area contributed by atoms with Crippen LogP contribution in [0.2, 0.25) is 0 Å². The van der Waals surface area contributed by atoms with E-state index in [0.717, 1.165) is 16.8 Å². The first-order valence-corrected chi connectivity index (χ1v) is 5.34. The molecule has 2 aromatic carbocycles. The predicted octanol–water partition coefficient (Wildman–Crippen LogP) is 1.08. The monoisotopic (exact) mass is 240 g/mol. The van der Waals surface area contributed by atoms with Gasteiger partial charge in [-0.3, -0.25) is 4.79 Å². The third-order valence-electron chi connectivity index (χ3n) is 2.42. The molecule has 0 aromatic heterocycles. The van der Waals surface area contributed by atoms with Crippen LogP contribution in [0.25, 0.3) is 10.8 Å². The third-order valence-corrected chi connectivity index (χ3v) is 2.42. The molecule has 1 amide bonds. The molecular formula is C14H10NO3-. The first-order chi connectivity index (χ1) is 8.66. The molecule has 0 aliphatic carbocycles. The Kier molecular flexibility index (Phi) is 3.38. The summed E-state index contributed by atoms with van der Waals surface area (Å²) in [4.78, 5) is 21.7. The van der Waals surface area contributed by atoms with Gasteiger partial charge in [-0.15, -0.1) is 0 Å². The van der Waals surface area contributed by atoms with Crippen molar-refractivity contribution in [2.75, 3.05) is 5.32 Å². The van der Waals surface area contributed by atoms with E-state index in [1.807, 2.05) is 36.4 Å². The maximum Gasteiger partial charge on any atom is 0.248 e. The largest absolute Gasteiger partial charge is 0.545 e. The predicted molar refractivity (Wildman–Crippen MR) is 66.7 cm³/mol. The van der Waals surface area contributed by atoms with Gasteiger partial charge in [-0.1, -0.05) is 36.4 Å². The lowest BCUT2D eigenvalue weighted by Crippen LogP contribution is -2.20. The van der Waals surface area contributed by atoms with Crippen molar-refractivity contribution in [1.29, 1.82) is 0 Å². The standard InChI is InChI=1S/C14H11NO3/c16-13(8-9-14(17)18)15-12-7-3-5-10-4-1-2-6-11(10)12/h1-9H,(H,15,16)(H,17,18)/p-1/b9-8-. The highest BCUT2D eigenvalue weighted by atomic mass is 16.4. The molecule has 0 heterocycles. The average molecular weight is 240 g/mol. The molecule has 4 nitrogen and oxygen atoms in total. The first kappa shape index (κ1) is 11.9. The summed E-state index contributed by atoms with van der Waals surface area (Å²) in [5.74, 6) is -1.90. The Hall–Kier alpha value is -2.62. The van der Waals surface area contributed by atoms with E-state index in [0.29, 0.717) is 11.8 Å². The highest BCUT2D eigenvalue weighted by Crippen LogP contribution is 2.22. The van der Waals surface area contributed by atoms with E-state index in [1.54, 1.807) is 6.07 Å². The zero-order valence-corrected chi connectivity index (χ0v) is 9.42. The second kappa shape index (κ2) is 5.14. The lowest BCUT2D eigenvalue weighted by molar-refractivity contribution is -0.297. The maximum atomic E-state index is 11.5. The number of anilines is 1. The quantitative estimate of drug-likeness (QED) is 0.816. The zero-order chi connectivity index (χ0) is 13.0. The molecular weight excluding hydrogens is 230 g/mol. The number of nitrogens with one attached hydrogen (secondary N) is 1. The number of aliphatic carboxylic acids is 1. The van der Waals surface area contributed by atoms with E-state index in [2.05, 4.69) is 5.32 Å². The van der Waals surface area contributed by atoms with E-state index in [9.17, 15) is 14.7 Å². The van der Waals surface area contributed by atoms with Crippen LogP contribution in [0.3, 0.4) is 0 Å². The van der Waals surface area contributed by atoms with Crippen molar-refractivity contribution in [1.82, 2.24) is 0 Å². The second-order valence-corrected chi connectivity index (χ2v) is 3.67. The summed E-state index contributed by atoms with van der Waals surface area (Å²) in [6.07, 6.45) is 1.62. The highest BCUT2D eigenvalue weighted by Gasteiger charge is 2.02. The van der Waals surface area contributed by atoms with E-state index in [4.69, 9.17) is 0 Å². The molecule has 1 N–H and O–H groups in total. The van der Waals surface area contributed by atoms with Crippen molar-refractivity contribution in [2.24, 2.45) is 0 Å². The van der Waals surface area contributed by atoms with Gasteiger partial charge in [-0.05, 0) is 17.5 Å². The van der Waals surface area contributed by atoms with E-state index < -0.39 is 11.9 Å². The van der Waals surface area contributed by atoms with Crippen molar-refractivity contribution >= 4 is 28.3 Å². The minimum atomic E-state index is -1.40. The molecule has 0 spiro atoms. The van der Waals surface area contributed by atoms with Crippen molar-refractivity contribution in [3.05, 3.63) is 54.6 Å². The van der Waals surface area contributed by atoms with Gasteiger partial charge >= 0.3 is 0 Å². The molecule has 0 aliphatic heterocycles. The number of hydrogen-bond donors (Lipinski definition) is 1. The molecule has 2 aromatic rings.